The van der Waals surface area contributed by atoms with Crippen molar-refractivity contribution in [3.05, 3.63) is 92.3 Å². The number of rotatable bonds is 5. The molecule has 3 aromatic carbocycles. The van der Waals surface area contributed by atoms with E-state index < -0.39 is 17.2 Å². The molecular weight excluding hydrogens is 535 g/mol. The van der Waals surface area contributed by atoms with E-state index in [9.17, 15) is 18.4 Å². The lowest BCUT2D eigenvalue weighted by Crippen LogP contribution is -2.23. The molecule has 0 saturated heterocycles. The molecule has 0 aliphatic rings. The number of halogens is 3. The zero-order chi connectivity index (χ0) is 22.0. The zero-order valence-electron chi connectivity index (χ0n) is 15.8. The molecule has 0 bridgehead atoms. The third-order valence-electron chi connectivity index (χ3n) is 4.36. The van der Waals surface area contributed by atoms with E-state index in [1.807, 2.05) is 12.1 Å². The lowest BCUT2D eigenvalue weighted by molar-refractivity contribution is -0.113. The van der Waals surface area contributed by atoms with Gasteiger partial charge in [-0.05, 0) is 71.1 Å². The second-order valence-corrected chi connectivity index (χ2v) is 8.68. The maximum absolute atomic E-state index is 14.5. The molecule has 9 heteroatoms. The van der Waals surface area contributed by atoms with E-state index in [0.29, 0.717) is 22.7 Å². The first-order valence-corrected chi connectivity index (χ1v) is 11.1. The Kier molecular flexibility index (Phi) is 6.33. The van der Waals surface area contributed by atoms with Crippen LogP contribution in [-0.4, -0.2) is 21.2 Å². The van der Waals surface area contributed by atoms with E-state index >= 15 is 0 Å². The number of para-hydroxylation sites is 1. The molecule has 0 aliphatic heterocycles. The summed E-state index contributed by atoms with van der Waals surface area (Å²) in [5, 5.41) is 3.19. The van der Waals surface area contributed by atoms with Crippen LogP contribution in [-0.2, 0) is 4.79 Å². The molecule has 1 amide bonds. The van der Waals surface area contributed by atoms with Gasteiger partial charge in [-0.3, -0.25) is 14.2 Å². The number of fused-ring (bicyclic) bond motifs is 1. The summed E-state index contributed by atoms with van der Waals surface area (Å²) in [5.41, 5.74) is 0.424. The summed E-state index contributed by atoms with van der Waals surface area (Å²) < 4.78 is 30.0. The van der Waals surface area contributed by atoms with E-state index in [1.165, 1.54) is 6.07 Å². The standard InChI is InChI=1S/C22H14F2IN3O2S/c23-13-5-10-19(17(24)11-13)28-21(30)16-3-1-2-4-18(16)27-22(28)31-12-20(29)26-15-8-6-14(25)7-9-15/h1-11H,12H2,(H,26,29). The Balaban J connectivity index is 1.69. The fourth-order valence-corrected chi connectivity index (χ4v) is 4.11. The molecule has 156 valence electrons. The van der Waals surface area contributed by atoms with Gasteiger partial charge in [-0.15, -0.1) is 0 Å². The van der Waals surface area contributed by atoms with Gasteiger partial charge in [-0.25, -0.2) is 13.8 Å². The fourth-order valence-electron chi connectivity index (χ4n) is 2.94. The van der Waals surface area contributed by atoms with E-state index in [2.05, 4.69) is 32.9 Å². The molecule has 0 atom stereocenters. The van der Waals surface area contributed by atoms with Crippen LogP contribution in [0.2, 0.25) is 0 Å². The molecule has 0 fully saturated rings. The first kappa shape index (κ1) is 21.4. The van der Waals surface area contributed by atoms with E-state index in [4.69, 9.17) is 0 Å². The van der Waals surface area contributed by atoms with Crippen molar-refractivity contribution in [1.29, 1.82) is 0 Å². The van der Waals surface area contributed by atoms with Crippen molar-refractivity contribution in [3.63, 3.8) is 0 Å². The lowest BCUT2D eigenvalue weighted by atomic mass is 10.2. The van der Waals surface area contributed by atoms with E-state index in [1.54, 1.807) is 36.4 Å². The maximum Gasteiger partial charge on any atom is 0.266 e. The number of nitrogens with one attached hydrogen (secondary N) is 1. The summed E-state index contributed by atoms with van der Waals surface area (Å²) in [6, 6.07) is 16.9. The second kappa shape index (κ2) is 9.15. The van der Waals surface area contributed by atoms with Crippen LogP contribution in [0.3, 0.4) is 0 Å². The average molecular weight is 549 g/mol. The highest BCUT2D eigenvalue weighted by atomic mass is 127. The molecule has 1 aromatic heterocycles. The van der Waals surface area contributed by atoms with Crippen molar-refractivity contribution in [2.45, 2.75) is 5.16 Å². The predicted molar refractivity (Wildman–Crippen MR) is 126 cm³/mol. The van der Waals surface area contributed by atoms with Gasteiger partial charge >= 0.3 is 0 Å². The van der Waals surface area contributed by atoms with Gasteiger partial charge in [-0.1, -0.05) is 23.9 Å². The number of nitrogens with zero attached hydrogens (tertiary/aromatic N) is 2. The molecule has 4 aromatic rings. The van der Waals surface area contributed by atoms with Crippen LogP contribution in [0, 0.1) is 15.2 Å². The Morgan fingerprint density at radius 3 is 2.55 bits per heavy atom. The molecule has 0 aliphatic carbocycles. The first-order chi connectivity index (χ1) is 14.9. The van der Waals surface area contributed by atoms with Crippen molar-refractivity contribution < 1.29 is 13.6 Å². The van der Waals surface area contributed by atoms with Gasteiger partial charge in [0.25, 0.3) is 5.56 Å². The van der Waals surface area contributed by atoms with Crippen LogP contribution in [0.4, 0.5) is 14.5 Å². The Hall–Kier alpha value is -2.79. The van der Waals surface area contributed by atoms with Crippen LogP contribution < -0.4 is 10.9 Å². The van der Waals surface area contributed by atoms with Crippen molar-refractivity contribution in [2.24, 2.45) is 0 Å². The van der Waals surface area contributed by atoms with Crippen molar-refractivity contribution in [1.82, 2.24) is 9.55 Å². The van der Waals surface area contributed by atoms with Gasteiger partial charge in [0.1, 0.15) is 11.6 Å². The molecule has 0 spiro atoms. The maximum atomic E-state index is 14.5. The smallest absolute Gasteiger partial charge is 0.266 e. The van der Waals surface area contributed by atoms with Crippen LogP contribution >= 0.6 is 34.4 Å². The highest BCUT2D eigenvalue weighted by Gasteiger charge is 2.17. The number of hydrogen-bond donors (Lipinski definition) is 1. The normalized spacial score (nSPS) is 10.9. The van der Waals surface area contributed by atoms with Crippen molar-refractivity contribution in [3.8, 4) is 5.69 Å². The van der Waals surface area contributed by atoms with E-state index in [-0.39, 0.29) is 22.5 Å². The minimum Gasteiger partial charge on any atom is -0.325 e. The number of benzene rings is 3. The molecule has 0 unspecified atom stereocenters. The number of carbonyl (C=O) groups excluding carboxylic acids is 1. The summed E-state index contributed by atoms with van der Waals surface area (Å²) in [4.78, 5) is 30.0. The minimum atomic E-state index is -0.899. The number of hydrogen-bond acceptors (Lipinski definition) is 4. The Labute approximate surface area is 193 Å². The molecule has 5 nitrogen and oxygen atoms in total. The quantitative estimate of drug-likeness (QED) is 0.216. The van der Waals surface area contributed by atoms with Gasteiger partial charge in [0.15, 0.2) is 5.16 Å². The summed E-state index contributed by atoms with van der Waals surface area (Å²) in [7, 11) is 0. The fraction of sp³-hybridized carbons (Fsp3) is 0.0455. The zero-order valence-corrected chi connectivity index (χ0v) is 18.8. The Morgan fingerprint density at radius 1 is 1.06 bits per heavy atom. The summed E-state index contributed by atoms with van der Waals surface area (Å²) in [6.45, 7) is 0. The van der Waals surface area contributed by atoms with Crippen LogP contribution in [0.25, 0.3) is 16.6 Å². The highest BCUT2D eigenvalue weighted by molar-refractivity contribution is 14.1. The summed E-state index contributed by atoms with van der Waals surface area (Å²) in [6.07, 6.45) is 0. The largest absolute Gasteiger partial charge is 0.325 e. The lowest BCUT2D eigenvalue weighted by Gasteiger charge is -2.14. The molecular formula is C22H14F2IN3O2S. The third kappa shape index (κ3) is 4.77. The third-order valence-corrected chi connectivity index (χ3v) is 6.01. The van der Waals surface area contributed by atoms with Crippen LogP contribution in [0.5, 0.6) is 0 Å². The summed E-state index contributed by atoms with van der Waals surface area (Å²) >= 11 is 3.16. The van der Waals surface area contributed by atoms with Crippen molar-refractivity contribution in [2.75, 3.05) is 11.1 Å². The summed E-state index contributed by atoms with van der Waals surface area (Å²) in [5.74, 6) is -2.02. The van der Waals surface area contributed by atoms with Crippen LogP contribution in [0.1, 0.15) is 0 Å². The topological polar surface area (TPSA) is 64.0 Å². The average Bonchev–Trinajstić information content (AvgIpc) is 2.75. The monoisotopic (exact) mass is 549 g/mol. The van der Waals surface area contributed by atoms with Gasteiger partial charge in [-0.2, -0.15) is 0 Å². The molecule has 0 saturated carbocycles. The van der Waals surface area contributed by atoms with Gasteiger partial charge in [0.2, 0.25) is 5.91 Å². The molecule has 1 heterocycles. The number of thioether (sulfide) groups is 1. The molecule has 31 heavy (non-hydrogen) atoms. The highest BCUT2D eigenvalue weighted by Crippen LogP contribution is 2.23. The second-order valence-electron chi connectivity index (χ2n) is 6.49. The van der Waals surface area contributed by atoms with Crippen LogP contribution in [0.15, 0.2) is 76.7 Å². The SMILES string of the molecule is O=C(CSc1nc2ccccc2c(=O)n1-c1ccc(F)cc1F)Nc1ccc(I)cc1. The number of amides is 1. The Morgan fingerprint density at radius 2 is 1.81 bits per heavy atom. The van der Waals surface area contributed by atoms with Gasteiger partial charge < -0.3 is 5.32 Å². The predicted octanol–water partition coefficient (Wildman–Crippen LogP) is 5.00. The van der Waals surface area contributed by atoms with Gasteiger partial charge in [0, 0.05) is 15.3 Å². The first-order valence-electron chi connectivity index (χ1n) is 9.08. The minimum absolute atomic E-state index is 0.0560. The molecule has 4 rings (SSSR count). The van der Waals surface area contributed by atoms with Crippen molar-refractivity contribution >= 4 is 56.9 Å². The Bertz CT molecular complexity index is 1340. The number of aromatic nitrogens is 2. The van der Waals surface area contributed by atoms with E-state index in [0.717, 1.165) is 26.0 Å². The van der Waals surface area contributed by atoms with Gasteiger partial charge in [0.05, 0.1) is 22.3 Å². The number of anilines is 1. The molecule has 0 radical (unpaired) electrons. The molecule has 1 N–H and O–H groups in total. The number of carbonyl (C=O) groups is 1.